The topological polar surface area (TPSA) is 65.2 Å². The third-order valence-electron chi connectivity index (χ3n) is 5.58. The molecule has 144 valence electrons. The van der Waals surface area contributed by atoms with Crippen molar-refractivity contribution in [3.05, 3.63) is 75.1 Å². The van der Waals surface area contributed by atoms with E-state index >= 15 is 0 Å². The van der Waals surface area contributed by atoms with Crippen molar-refractivity contribution in [3.63, 3.8) is 0 Å². The van der Waals surface area contributed by atoms with Crippen molar-refractivity contribution in [3.8, 4) is 0 Å². The molecular formula is C23H25N3O2. The van der Waals surface area contributed by atoms with E-state index in [1.807, 2.05) is 50.2 Å². The molecule has 5 nitrogen and oxygen atoms in total. The number of fused-ring (bicyclic) bond motifs is 1. The third-order valence-corrected chi connectivity index (χ3v) is 5.58. The second kappa shape index (κ2) is 7.50. The largest absolute Gasteiger partial charge is 0.372 e. The molecule has 1 aliphatic rings. The van der Waals surface area contributed by atoms with Crippen LogP contribution >= 0.6 is 0 Å². The number of rotatable bonds is 4. The van der Waals surface area contributed by atoms with Gasteiger partial charge in [0.1, 0.15) is 0 Å². The zero-order chi connectivity index (χ0) is 19.7. The molecule has 28 heavy (non-hydrogen) atoms. The van der Waals surface area contributed by atoms with E-state index in [4.69, 9.17) is 0 Å². The number of pyridine rings is 1. The van der Waals surface area contributed by atoms with E-state index in [0.717, 1.165) is 35.2 Å². The van der Waals surface area contributed by atoms with E-state index in [0.29, 0.717) is 11.1 Å². The highest BCUT2D eigenvalue weighted by molar-refractivity contribution is 5.94. The van der Waals surface area contributed by atoms with Crippen LogP contribution in [0.1, 0.15) is 39.9 Å². The summed E-state index contributed by atoms with van der Waals surface area (Å²) >= 11 is 0. The number of nitrogens with zero attached hydrogens (tertiary/aromatic N) is 1. The molecule has 0 radical (unpaired) electrons. The van der Waals surface area contributed by atoms with Crippen molar-refractivity contribution in [2.24, 2.45) is 0 Å². The Morgan fingerprint density at radius 2 is 1.71 bits per heavy atom. The van der Waals surface area contributed by atoms with Gasteiger partial charge >= 0.3 is 0 Å². The van der Waals surface area contributed by atoms with E-state index in [9.17, 15) is 9.59 Å². The highest BCUT2D eigenvalue weighted by atomic mass is 16.1. The van der Waals surface area contributed by atoms with E-state index in [1.165, 1.54) is 18.4 Å². The smallest absolute Gasteiger partial charge is 0.253 e. The second-order valence-electron chi connectivity index (χ2n) is 7.57. The number of hydrogen-bond acceptors (Lipinski definition) is 3. The van der Waals surface area contributed by atoms with E-state index in [1.54, 1.807) is 0 Å². The van der Waals surface area contributed by atoms with E-state index < -0.39 is 0 Å². The minimum Gasteiger partial charge on any atom is -0.372 e. The summed E-state index contributed by atoms with van der Waals surface area (Å²) < 4.78 is 0. The van der Waals surface area contributed by atoms with Crippen LogP contribution in [0.2, 0.25) is 0 Å². The van der Waals surface area contributed by atoms with Crippen molar-refractivity contribution >= 4 is 22.5 Å². The summed E-state index contributed by atoms with van der Waals surface area (Å²) in [5.74, 6) is -0.174. The fourth-order valence-electron chi connectivity index (χ4n) is 3.73. The van der Waals surface area contributed by atoms with Crippen molar-refractivity contribution in [2.45, 2.75) is 33.2 Å². The van der Waals surface area contributed by atoms with Crippen molar-refractivity contribution in [2.75, 3.05) is 18.0 Å². The van der Waals surface area contributed by atoms with Gasteiger partial charge in [0.05, 0.1) is 0 Å². The van der Waals surface area contributed by atoms with Gasteiger partial charge in [-0.15, -0.1) is 0 Å². The Bertz CT molecular complexity index is 1080. The predicted octanol–water partition coefficient (Wildman–Crippen LogP) is 3.68. The fourth-order valence-corrected chi connectivity index (χ4v) is 3.73. The van der Waals surface area contributed by atoms with Gasteiger partial charge in [-0.05, 0) is 85.7 Å². The maximum atomic E-state index is 12.5. The average molecular weight is 375 g/mol. The third kappa shape index (κ3) is 3.65. The molecule has 0 bridgehead atoms. The summed E-state index contributed by atoms with van der Waals surface area (Å²) in [4.78, 5) is 30.1. The maximum absolute atomic E-state index is 12.5. The number of nitrogens with one attached hydrogen (secondary N) is 2. The maximum Gasteiger partial charge on any atom is 0.253 e. The zero-order valence-corrected chi connectivity index (χ0v) is 16.3. The lowest BCUT2D eigenvalue weighted by molar-refractivity contribution is 0.0951. The van der Waals surface area contributed by atoms with Crippen LogP contribution in [0, 0.1) is 13.8 Å². The van der Waals surface area contributed by atoms with Gasteiger partial charge in [0, 0.05) is 42.0 Å². The minimum atomic E-state index is -0.174. The number of anilines is 1. The first-order valence-corrected chi connectivity index (χ1v) is 9.77. The molecule has 1 aliphatic heterocycles. The van der Waals surface area contributed by atoms with Gasteiger partial charge in [-0.1, -0.05) is 0 Å². The Morgan fingerprint density at radius 1 is 1.04 bits per heavy atom. The van der Waals surface area contributed by atoms with Crippen LogP contribution in [0.25, 0.3) is 10.9 Å². The summed E-state index contributed by atoms with van der Waals surface area (Å²) in [5.41, 5.74) is 5.28. The number of carbonyl (C=O) groups is 1. The number of hydrogen-bond donors (Lipinski definition) is 2. The number of benzene rings is 2. The standard InChI is InChI=1S/C23H25N3O2/c1-15-11-18-13-19(23(28)25-21(18)12-16(15)2)14-24-22(27)17-5-7-20(8-6-17)26-9-3-4-10-26/h5-8,11-13H,3-4,9-10,14H2,1-2H3,(H,24,27)(H,25,28). The first-order valence-electron chi connectivity index (χ1n) is 9.77. The van der Waals surface area contributed by atoms with Crippen LogP contribution in [0.5, 0.6) is 0 Å². The summed E-state index contributed by atoms with van der Waals surface area (Å²) in [6.45, 7) is 6.43. The Balaban J connectivity index is 1.47. The molecule has 3 aromatic rings. The van der Waals surface area contributed by atoms with Gasteiger partial charge in [0.25, 0.3) is 11.5 Å². The number of amides is 1. The summed E-state index contributed by atoms with van der Waals surface area (Å²) in [6, 6.07) is 13.6. The number of aryl methyl sites for hydroxylation is 2. The van der Waals surface area contributed by atoms with Gasteiger partial charge in [-0.2, -0.15) is 0 Å². The van der Waals surface area contributed by atoms with Crippen LogP contribution in [0.3, 0.4) is 0 Å². The SMILES string of the molecule is Cc1cc2cc(CNC(=O)c3ccc(N4CCCC4)cc3)c(=O)[nH]c2cc1C. The summed E-state index contributed by atoms with van der Waals surface area (Å²) in [6.07, 6.45) is 2.45. The Kier molecular flexibility index (Phi) is 4.90. The molecule has 2 heterocycles. The lowest BCUT2D eigenvalue weighted by Gasteiger charge is -2.17. The van der Waals surface area contributed by atoms with E-state index in [-0.39, 0.29) is 18.0 Å². The lowest BCUT2D eigenvalue weighted by Crippen LogP contribution is -2.26. The molecule has 0 aliphatic carbocycles. The van der Waals surface area contributed by atoms with Gasteiger partial charge < -0.3 is 15.2 Å². The first-order chi connectivity index (χ1) is 13.5. The molecule has 0 unspecified atom stereocenters. The van der Waals surface area contributed by atoms with Crippen molar-refractivity contribution in [1.29, 1.82) is 0 Å². The van der Waals surface area contributed by atoms with Gasteiger partial charge in [0.2, 0.25) is 0 Å². The average Bonchev–Trinajstić information content (AvgIpc) is 3.22. The molecule has 1 fully saturated rings. The number of aromatic amines is 1. The quantitative estimate of drug-likeness (QED) is 0.731. The molecule has 0 saturated carbocycles. The number of carbonyl (C=O) groups excluding carboxylic acids is 1. The van der Waals surface area contributed by atoms with E-state index in [2.05, 4.69) is 21.3 Å². The normalized spacial score (nSPS) is 13.9. The minimum absolute atomic E-state index is 0.166. The monoisotopic (exact) mass is 375 g/mol. The zero-order valence-electron chi connectivity index (χ0n) is 16.3. The molecule has 4 rings (SSSR count). The molecule has 1 aromatic heterocycles. The van der Waals surface area contributed by atoms with Crippen LogP contribution < -0.4 is 15.8 Å². The van der Waals surface area contributed by atoms with Gasteiger partial charge in [-0.3, -0.25) is 9.59 Å². The molecule has 2 aromatic carbocycles. The Morgan fingerprint density at radius 3 is 2.43 bits per heavy atom. The number of H-pyrrole nitrogens is 1. The van der Waals surface area contributed by atoms with Crippen molar-refractivity contribution in [1.82, 2.24) is 10.3 Å². The highest BCUT2D eigenvalue weighted by Gasteiger charge is 2.13. The lowest BCUT2D eigenvalue weighted by atomic mass is 10.0. The van der Waals surface area contributed by atoms with Gasteiger partial charge in [0.15, 0.2) is 0 Å². The second-order valence-corrected chi connectivity index (χ2v) is 7.57. The predicted molar refractivity (Wildman–Crippen MR) is 113 cm³/mol. The highest BCUT2D eigenvalue weighted by Crippen LogP contribution is 2.20. The Labute approximate surface area is 164 Å². The first kappa shape index (κ1) is 18.3. The molecule has 0 atom stereocenters. The molecule has 1 saturated heterocycles. The van der Waals surface area contributed by atoms with Crippen LogP contribution in [0.4, 0.5) is 5.69 Å². The molecule has 0 spiro atoms. The van der Waals surface area contributed by atoms with Crippen LogP contribution in [-0.4, -0.2) is 24.0 Å². The molecule has 2 N–H and O–H groups in total. The molecule has 5 heteroatoms. The molecular weight excluding hydrogens is 350 g/mol. The summed E-state index contributed by atoms with van der Waals surface area (Å²) in [7, 11) is 0. The summed E-state index contributed by atoms with van der Waals surface area (Å²) in [5, 5.41) is 3.84. The van der Waals surface area contributed by atoms with Crippen LogP contribution in [0.15, 0.2) is 47.3 Å². The van der Waals surface area contributed by atoms with Crippen LogP contribution in [-0.2, 0) is 6.54 Å². The van der Waals surface area contributed by atoms with Gasteiger partial charge in [-0.25, -0.2) is 0 Å². The Hall–Kier alpha value is -3.08. The number of aromatic nitrogens is 1. The fraction of sp³-hybridized carbons (Fsp3) is 0.304. The molecule has 1 amide bonds. The van der Waals surface area contributed by atoms with Crippen molar-refractivity contribution < 1.29 is 4.79 Å².